The summed E-state index contributed by atoms with van der Waals surface area (Å²) in [5.74, 6) is -0.491. The lowest BCUT2D eigenvalue weighted by molar-refractivity contribution is 0.0697. The van der Waals surface area contributed by atoms with E-state index in [-0.39, 0.29) is 16.6 Å². The van der Waals surface area contributed by atoms with E-state index in [1.807, 2.05) is 0 Å². The van der Waals surface area contributed by atoms with Gasteiger partial charge in [0.2, 0.25) is 0 Å². The van der Waals surface area contributed by atoms with E-state index < -0.39 is 5.97 Å². The second-order valence-electron chi connectivity index (χ2n) is 4.99. The highest BCUT2D eigenvalue weighted by Crippen LogP contribution is 2.24. The van der Waals surface area contributed by atoms with Gasteiger partial charge in [0.1, 0.15) is 0 Å². The third-order valence-electron chi connectivity index (χ3n) is 3.49. The molecule has 3 N–H and O–H groups in total. The summed E-state index contributed by atoms with van der Waals surface area (Å²) in [5.41, 5.74) is 0.493. The van der Waals surface area contributed by atoms with Crippen LogP contribution in [-0.4, -0.2) is 23.7 Å². The van der Waals surface area contributed by atoms with Crippen LogP contribution in [0.2, 0.25) is 5.02 Å². The number of carboxylic acid groups (broad SMARTS) is 1. The van der Waals surface area contributed by atoms with Gasteiger partial charge in [0.05, 0.1) is 16.3 Å². The largest absolute Gasteiger partial charge is 0.478 e. The van der Waals surface area contributed by atoms with Crippen LogP contribution in [0, 0.1) is 5.92 Å². The lowest BCUT2D eigenvalue weighted by Gasteiger charge is -2.12. The molecular weight excluding hydrogens is 280 g/mol. The summed E-state index contributed by atoms with van der Waals surface area (Å²) in [7, 11) is 0. The van der Waals surface area contributed by atoms with E-state index in [2.05, 4.69) is 10.6 Å². The van der Waals surface area contributed by atoms with E-state index in [0.717, 1.165) is 12.8 Å². The van der Waals surface area contributed by atoms with Gasteiger partial charge in [-0.25, -0.2) is 9.59 Å². The van der Waals surface area contributed by atoms with Gasteiger partial charge in [0.15, 0.2) is 0 Å². The number of hydrogen-bond donors (Lipinski definition) is 3. The van der Waals surface area contributed by atoms with E-state index >= 15 is 0 Å². The molecule has 108 valence electrons. The first kappa shape index (κ1) is 14.7. The van der Waals surface area contributed by atoms with Crippen LogP contribution in [0.4, 0.5) is 10.5 Å². The number of aromatic carboxylic acids is 1. The summed E-state index contributed by atoms with van der Waals surface area (Å²) in [4.78, 5) is 22.5. The van der Waals surface area contributed by atoms with Crippen LogP contribution in [0.15, 0.2) is 18.2 Å². The average Bonchev–Trinajstić information content (AvgIpc) is 2.91. The van der Waals surface area contributed by atoms with Crippen LogP contribution in [-0.2, 0) is 0 Å². The molecule has 1 aliphatic rings. The molecule has 2 amide bonds. The third-order valence-corrected chi connectivity index (χ3v) is 3.80. The lowest BCUT2D eigenvalue weighted by Crippen LogP contribution is -2.32. The highest BCUT2D eigenvalue weighted by molar-refractivity contribution is 6.34. The number of urea groups is 1. The van der Waals surface area contributed by atoms with Gasteiger partial charge in [-0.1, -0.05) is 24.4 Å². The van der Waals surface area contributed by atoms with Gasteiger partial charge in [0, 0.05) is 6.54 Å². The molecule has 0 aromatic heterocycles. The van der Waals surface area contributed by atoms with Crippen LogP contribution in [0.5, 0.6) is 0 Å². The fraction of sp³-hybridized carbons (Fsp3) is 0.429. The molecule has 2 rings (SSSR count). The number of benzene rings is 1. The molecule has 0 saturated heterocycles. The van der Waals surface area contributed by atoms with Gasteiger partial charge in [-0.2, -0.15) is 0 Å². The van der Waals surface area contributed by atoms with Crippen LogP contribution in [0.25, 0.3) is 0 Å². The SMILES string of the molecule is O=C(NCC1CCCC1)Nc1ccc(C(=O)O)cc1Cl. The van der Waals surface area contributed by atoms with Crippen molar-refractivity contribution in [2.24, 2.45) is 5.92 Å². The fourth-order valence-corrected chi connectivity index (χ4v) is 2.60. The molecule has 0 bridgehead atoms. The zero-order valence-electron chi connectivity index (χ0n) is 11.0. The van der Waals surface area contributed by atoms with E-state index in [4.69, 9.17) is 16.7 Å². The minimum atomic E-state index is -1.05. The molecule has 0 radical (unpaired) electrons. The van der Waals surface area contributed by atoms with Crippen LogP contribution < -0.4 is 10.6 Å². The Kier molecular flexibility index (Phi) is 4.84. The number of nitrogens with one attached hydrogen (secondary N) is 2. The maximum atomic E-state index is 11.7. The van der Waals surface area contributed by atoms with Crippen molar-refractivity contribution in [3.05, 3.63) is 28.8 Å². The van der Waals surface area contributed by atoms with E-state index in [1.165, 1.54) is 31.0 Å². The summed E-state index contributed by atoms with van der Waals surface area (Å²) in [5, 5.41) is 14.5. The van der Waals surface area contributed by atoms with Gasteiger partial charge in [-0.3, -0.25) is 0 Å². The van der Waals surface area contributed by atoms with Gasteiger partial charge in [-0.05, 0) is 37.0 Å². The van der Waals surface area contributed by atoms with Gasteiger partial charge in [0.25, 0.3) is 0 Å². The van der Waals surface area contributed by atoms with E-state index in [0.29, 0.717) is 18.2 Å². The summed E-state index contributed by atoms with van der Waals surface area (Å²) < 4.78 is 0. The van der Waals surface area contributed by atoms with Crippen LogP contribution in [0.1, 0.15) is 36.0 Å². The Morgan fingerprint density at radius 1 is 1.30 bits per heavy atom. The lowest BCUT2D eigenvalue weighted by atomic mass is 10.1. The van der Waals surface area contributed by atoms with Crippen molar-refractivity contribution in [1.82, 2.24) is 5.32 Å². The molecular formula is C14H17ClN2O3. The molecule has 6 heteroatoms. The number of rotatable bonds is 4. The monoisotopic (exact) mass is 296 g/mol. The molecule has 1 saturated carbocycles. The van der Waals surface area contributed by atoms with E-state index in [9.17, 15) is 9.59 Å². The molecule has 1 fully saturated rings. The zero-order chi connectivity index (χ0) is 14.5. The second kappa shape index (κ2) is 6.61. The summed E-state index contributed by atoms with van der Waals surface area (Å²) >= 11 is 5.94. The Morgan fingerprint density at radius 3 is 2.60 bits per heavy atom. The standard InChI is InChI=1S/C14H17ClN2O3/c15-11-7-10(13(18)19)5-6-12(11)17-14(20)16-8-9-3-1-2-4-9/h5-7,9H,1-4,8H2,(H,18,19)(H2,16,17,20). The van der Waals surface area contributed by atoms with Crippen molar-refractivity contribution < 1.29 is 14.7 Å². The second-order valence-corrected chi connectivity index (χ2v) is 5.39. The molecule has 0 heterocycles. The summed E-state index contributed by atoms with van der Waals surface area (Å²) in [6, 6.07) is 3.89. The van der Waals surface area contributed by atoms with Crippen molar-refractivity contribution in [1.29, 1.82) is 0 Å². The molecule has 0 atom stereocenters. The van der Waals surface area contributed by atoms with Crippen LogP contribution in [0.3, 0.4) is 0 Å². The highest BCUT2D eigenvalue weighted by Gasteiger charge is 2.16. The molecule has 1 aliphatic carbocycles. The molecule has 1 aromatic rings. The molecule has 0 unspecified atom stereocenters. The zero-order valence-corrected chi connectivity index (χ0v) is 11.7. The first-order valence-corrected chi connectivity index (χ1v) is 7.02. The Hall–Kier alpha value is -1.75. The quantitative estimate of drug-likeness (QED) is 0.797. The molecule has 5 nitrogen and oxygen atoms in total. The predicted octanol–water partition coefficient (Wildman–Crippen LogP) is 3.35. The summed E-state index contributed by atoms with van der Waals surface area (Å²) in [6.45, 7) is 0.663. The number of hydrogen-bond acceptors (Lipinski definition) is 2. The topological polar surface area (TPSA) is 78.4 Å². The van der Waals surface area contributed by atoms with Crippen molar-refractivity contribution in [3.63, 3.8) is 0 Å². The average molecular weight is 297 g/mol. The fourth-order valence-electron chi connectivity index (χ4n) is 2.37. The molecule has 1 aromatic carbocycles. The molecule has 0 aliphatic heterocycles. The normalized spacial score (nSPS) is 15.1. The van der Waals surface area contributed by atoms with Crippen molar-refractivity contribution >= 4 is 29.3 Å². The van der Waals surface area contributed by atoms with Crippen molar-refractivity contribution in [2.75, 3.05) is 11.9 Å². The summed E-state index contributed by atoms with van der Waals surface area (Å²) in [6.07, 6.45) is 4.79. The number of carboxylic acids is 1. The Balaban J connectivity index is 1.88. The maximum absolute atomic E-state index is 11.7. The minimum absolute atomic E-state index is 0.0897. The van der Waals surface area contributed by atoms with Crippen LogP contribution >= 0.6 is 11.6 Å². The minimum Gasteiger partial charge on any atom is -0.478 e. The number of carbonyl (C=O) groups excluding carboxylic acids is 1. The highest BCUT2D eigenvalue weighted by atomic mass is 35.5. The van der Waals surface area contributed by atoms with Gasteiger partial charge < -0.3 is 15.7 Å². The Labute approximate surface area is 122 Å². The number of halogens is 1. The first-order chi connectivity index (χ1) is 9.56. The predicted molar refractivity (Wildman–Crippen MR) is 77.4 cm³/mol. The van der Waals surface area contributed by atoms with Gasteiger partial charge in [-0.15, -0.1) is 0 Å². The van der Waals surface area contributed by atoms with E-state index in [1.54, 1.807) is 0 Å². The third kappa shape index (κ3) is 3.87. The Morgan fingerprint density at radius 2 is 2.00 bits per heavy atom. The van der Waals surface area contributed by atoms with Crippen molar-refractivity contribution in [2.45, 2.75) is 25.7 Å². The number of amides is 2. The van der Waals surface area contributed by atoms with Crippen molar-refractivity contribution in [3.8, 4) is 0 Å². The Bertz CT molecular complexity index is 513. The molecule has 20 heavy (non-hydrogen) atoms. The number of carbonyl (C=O) groups is 2. The maximum Gasteiger partial charge on any atom is 0.335 e. The van der Waals surface area contributed by atoms with Gasteiger partial charge >= 0.3 is 12.0 Å². The smallest absolute Gasteiger partial charge is 0.335 e. The number of anilines is 1. The molecule has 0 spiro atoms. The first-order valence-electron chi connectivity index (χ1n) is 6.64.